The number of carbonyl (C=O) groups excluding carboxylic acids is 1. The van der Waals surface area contributed by atoms with Gasteiger partial charge in [0.1, 0.15) is 5.82 Å². The molecule has 0 aliphatic rings. The van der Waals surface area contributed by atoms with Gasteiger partial charge in [-0.15, -0.1) is 0 Å². The Balaban J connectivity index is 1.47. The van der Waals surface area contributed by atoms with Crippen molar-refractivity contribution in [3.05, 3.63) is 78.5 Å². The van der Waals surface area contributed by atoms with Crippen LogP contribution in [0.2, 0.25) is 0 Å². The van der Waals surface area contributed by atoms with Crippen LogP contribution in [0, 0.1) is 0 Å². The second-order valence-electron chi connectivity index (χ2n) is 7.16. The van der Waals surface area contributed by atoms with Crippen molar-refractivity contribution < 1.29 is 18.7 Å². The van der Waals surface area contributed by atoms with E-state index in [1.807, 2.05) is 48.5 Å². The quantitative estimate of drug-likeness (QED) is 0.377. The Hall–Kier alpha value is -3.74. The highest BCUT2D eigenvalue weighted by molar-refractivity contribution is 5.91. The molecule has 7 nitrogen and oxygen atoms in total. The topological polar surface area (TPSA) is 69.7 Å². The number of hydrogen-bond donors (Lipinski definition) is 0. The van der Waals surface area contributed by atoms with E-state index < -0.39 is 0 Å². The van der Waals surface area contributed by atoms with Crippen LogP contribution in [0.4, 0.5) is 0 Å². The summed E-state index contributed by atoms with van der Waals surface area (Å²) in [5.74, 6) is 2.40. The number of hydrogen-bond acceptors (Lipinski definition) is 5. The van der Waals surface area contributed by atoms with Gasteiger partial charge in [0.15, 0.2) is 17.3 Å². The number of fused-ring (bicyclic) bond motifs is 1. The third-order valence-corrected chi connectivity index (χ3v) is 5.04. The van der Waals surface area contributed by atoms with Crippen molar-refractivity contribution in [3.8, 4) is 11.5 Å². The number of rotatable bonds is 9. The molecule has 7 heteroatoms. The number of nitrogens with zero attached hydrogens (tertiary/aromatic N) is 3. The maximum Gasteiger partial charge on any atom is 0.289 e. The predicted molar refractivity (Wildman–Crippen MR) is 117 cm³/mol. The van der Waals surface area contributed by atoms with E-state index in [1.165, 1.54) is 6.26 Å². The normalized spacial score (nSPS) is 10.9. The SMILES string of the molecule is COc1ccccc1OCCCn1c(CN(C)C(=O)c2ccco2)nc2ccccc21. The summed E-state index contributed by atoms with van der Waals surface area (Å²) >= 11 is 0. The van der Waals surface area contributed by atoms with Gasteiger partial charge in [-0.25, -0.2) is 4.98 Å². The Morgan fingerprint density at radius 1 is 1.06 bits per heavy atom. The van der Waals surface area contributed by atoms with Crippen LogP contribution in [0.15, 0.2) is 71.3 Å². The smallest absolute Gasteiger partial charge is 0.289 e. The maximum absolute atomic E-state index is 12.6. The Labute approximate surface area is 180 Å². The summed E-state index contributed by atoms with van der Waals surface area (Å²) in [7, 11) is 3.38. The number of aryl methyl sites for hydroxylation is 1. The molecular weight excluding hydrogens is 394 g/mol. The van der Waals surface area contributed by atoms with Gasteiger partial charge in [-0.05, 0) is 42.8 Å². The lowest BCUT2D eigenvalue weighted by Gasteiger charge is -2.17. The van der Waals surface area contributed by atoms with Gasteiger partial charge in [-0.2, -0.15) is 0 Å². The van der Waals surface area contributed by atoms with Crippen molar-refractivity contribution >= 4 is 16.9 Å². The fourth-order valence-corrected chi connectivity index (χ4v) is 3.51. The summed E-state index contributed by atoms with van der Waals surface area (Å²) in [5, 5.41) is 0. The van der Waals surface area contributed by atoms with Crippen molar-refractivity contribution in [1.82, 2.24) is 14.5 Å². The molecule has 0 aliphatic carbocycles. The highest BCUT2D eigenvalue weighted by Crippen LogP contribution is 2.26. The summed E-state index contributed by atoms with van der Waals surface area (Å²) in [6.45, 7) is 1.63. The number of amides is 1. The van der Waals surface area contributed by atoms with Gasteiger partial charge in [0.25, 0.3) is 5.91 Å². The van der Waals surface area contributed by atoms with Crippen molar-refractivity contribution in [2.24, 2.45) is 0 Å². The lowest BCUT2D eigenvalue weighted by Crippen LogP contribution is -2.27. The Kier molecular flexibility index (Phi) is 6.21. The van der Waals surface area contributed by atoms with E-state index in [4.69, 9.17) is 18.9 Å². The predicted octanol–water partition coefficient (Wildman–Crippen LogP) is 4.38. The Morgan fingerprint density at radius 3 is 2.61 bits per heavy atom. The van der Waals surface area contributed by atoms with Crippen molar-refractivity contribution in [3.63, 3.8) is 0 Å². The lowest BCUT2D eigenvalue weighted by molar-refractivity contribution is 0.0748. The molecule has 31 heavy (non-hydrogen) atoms. The van der Waals surface area contributed by atoms with E-state index in [1.54, 1.807) is 31.2 Å². The van der Waals surface area contributed by atoms with Gasteiger partial charge in [0.2, 0.25) is 0 Å². The number of aromatic nitrogens is 2. The van der Waals surface area contributed by atoms with E-state index in [0.29, 0.717) is 31.2 Å². The van der Waals surface area contributed by atoms with Crippen LogP contribution in [-0.4, -0.2) is 41.1 Å². The van der Waals surface area contributed by atoms with Crippen LogP contribution in [0.3, 0.4) is 0 Å². The Morgan fingerprint density at radius 2 is 1.84 bits per heavy atom. The zero-order valence-electron chi connectivity index (χ0n) is 17.7. The van der Waals surface area contributed by atoms with E-state index in [-0.39, 0.29) is 5.91 Å². The average Bonchev–Trinajstić information content (AvgIpc) is 3.45. The minimum absolute atomic E-state index is 0.178. The number of benzene rings is 2. The van der Waals surface area contributed by atoms with Crippen LogP contribution < -0.4 is 9.47 Å². The second kappa shape index (κ2) is 9.38. The van der Waals surface area contributed by atoms with E-state index in [2.05, 4.69) is 4.57 Å². The fraction of sp³-hybridized carbons (Fsp3) is 0.250. The first-order valence-corrected chi connectivity index (χ1v) is 10.2. The van der Waals surface area contributed by atoms with Crippen LogP contribution in [0.25, 0.3) is 11.0 Å². The van der Waals surface area contributed by atoms with Crippen LogP contribution in [0.5, 0.6) is 11.5 Å². The molecule has 0 N–H and O–H groups in total. The molecule has 0 fully saturated rings. The molecule has 0 atom stereocenters. The molecule has 160 valence electrons. The highest BCUT2D eigenvalue weighted by Gasteiger charge is 2.18. The van der Waals surface area contributed by atoms with E-state index in [0.717, 1.165) is 29.0 Å². The third-order valence-electron chi connectivity index (χ3n) is 5.04. The molecular formula is C24H25N3O4. The first-order chi connectivity index (χ1) is 15.2. The van der Waals surface area contributed by atoms with Gasteiger partial charge in [0.05, 0.1) is 37.6 Å². The molecule has 0 bridgehead atoms. The van der Waals surface area contributed by atoms with Gasteiger partial charge in [-0.1, -0.05) is 24.3 Å². The van der Waals surface area contributed by atoms with Gasteiger partial charge in [-0.3, -0.25) is 4.79 Å². The zero-order chi connectivity index (χ0) is 21.6. The van der Waals surface area contributed by atoms with Crippen LogP contribution >= 0.6 is 0 Å². The molecule has 0 saturated carbocycles. The van der Waals surface area contributed by atoms with Gasteiger partial charge >= 0.3 is 0 Å². The molecule has 0 radical (unpaired) electrons. The molecule has 4 aromatic rings. The summed E-state index contributed by atoms with van der Waals surface area (Å²) in [6.07, 6.45) is 2.28. The maximum atomic E-state index is 12.6. The summed E-state index contributed by atoms with van der Waals surface area (Å²) < 4.78 is 18.6. The van der Waals surface area contributed by atoms with Crippen molar-refractivity contribution in [2.75, 3.05) is 20.8 Å². The molecule has 0 saturated heterocycles. The second-order valence-corrected chi connectivity index (χ2v) is 7.16. The van der Waals surface area contributed by atoms with E-state index >= 15 is 0 Å². The molecule has 0 unspecified atom stereocenters. The first-order valence-electron chi connectivity index (χ1n) is 10.2. The van der Waals surface area contributed by atoms with Crippen molar-refractivity contribution in [2.45, 2.75) is 19.5 Å². The zero-order valence-corrected chi connectivity index (χ0v) is 17.7. The molecule has 1 amide bonds. The summed E-state index contributed by atoms with van der Waals surface area (Å²) in [6, 6.07) is 19.0. The first kappa shape index (κ1) is 20.5. The summed E-state index contributed by atoms with van der Waals surface area (Å²) in [5.41, 5.74) is 1.94. The van der Waals surface area contributed by atoms with Crippen LogP contribution in [0.1, 0.15) is 22.8 Å². The number of imidazole rings is 1. The monoisotopic (exact) mass is 419 g/mol. The molecule has 2 heterocycles. The lowest BCUT2D eigenvalue weighted by atomic mass is 10.3. The largest absolute Gasteiger partial charge is 0.493 e. The molecule has 2 aromatic heterocycles. The minimum Gasteiger partial charge on any atom is -0.493 e. The van der Waals surface area contributed by atoms with Gasteiger partial charge < -0.3 is 23.4 Å². The molecule has 2 aromatic carbocycles. The van der Waals surface area contributed by atoms with E-state index in [9.17, 15) is 4.79 Å². The molecule has 0 aliphatic heterocycles. The average molecular weight is 419 g/mol. The third kappa shape index (κ3) is 4.55. The number of carbonyl (C=O) groups is 1. The standard InChI is InChI=1S/C24H25N3O4/c1-26(24(28)22-13-7-15-31-22)17-23-25-18-9-3-4-10-19(18)27(23)14-8-16-30-21-12-6-5-11-20(21)29-2/h3-7,9-13,15H,8,14,16-17H2,1-2H3. The molecule has 0 spiro atoms. The number of furan rings is 1. The highest BCUT2D eigenvalue weighted by atomic mass is 16.5. The fourth-order valence-electron chi connectivity index (χ4n) is 3.51. The summed E-state index contributed by atoms with van der Waals surface area (Å²) in [4.78, 5) is 18.9. The molecule has 4 rings (SSSR count). The number of para-hydroxylation sites is 4. The minimum atomic E-state index is -0.178. The Bertz CT molecular complexity index is 1150. The van der Waals surface area contributed by atoms with Crippen LogP contribution in [-0.2, 0) is 13.1 Å². The van der Waals surface area contributed by atoms with Gasteiger partial charge in [0, 0.05) is 13.6 Å². The number of ether oxygens (including phenoxy) is 2. The number of methoxy groups -OCH3 is 1. The van der Waals surface area contributed by atoms with Crippen molar-refractivity contribution in [1.29, 1.82) is 0 Å².